The van der Waals surface area contributed by atoms with Gasteiger partial charge in [0.25, 0.3) is 0 Å². The smallest absolute Gasteiger partial charge is 0.174 e. The van der Waals surface area contributed by atoms with Crippen LogP contribution < -0.4 is 15.0 Å². The Morgan fingerprint density at radius 2 is 1.91 bits per heavy atom. The van der Waals surface area contributed by atoms with Crippen molar-refractivity contribution in [1.29, 1.82) is 0 Å². The predicted octanol–water partition coefficient (Wildman–Crippen LogP) is 6.43. The van der Waals surface area contributed by atoms with Gasteiger partial charge in [0.05, 0.1) is 24.4 Å². The molecule has 5 rings (SSSR count). The maximum Gasteiger partial charge on any atom is 0.174 e. The first kappa shape index (κ1) is 21.6. The largest absolute Gasteiger partial charge is 0.497 e. The van der Waals surface area contributed by atoms with Crippen LogP contribution in [0.25, 0.3) is 11.3 Å². The van der Waals surface area contributed by atoms with E-state index in [9.17, 15) is 4.39 Å². The van der Waals surface area contributed by atoms with Crippen LogP contribution in [0.15, 0.2) is 87.9 Å². The molecule has 1 aliphatic heterocycles. The van der Waals surface area contributed by atoms with Crippen LogP contribution in [0.4, 0.5) is 10.1 Å². The van der Waals surface area contributed by atoms with Gasteiger partial charge in [0, 0.05) is 16.4 Å². The number of nitrogens with one attached hydrogen (secondary N) is 1. The van der Waals surface area contributed by atoms with Crippen molar-refractivity contribution in [2.24, 2.45) is 0 Å². The van der Waals surface area contributed by atoms with Gasteiger partial charge in [0.1, 0.15) is 29.1 Å². The van der Waals surface area contributed by atoms with E-state index in [1.165, 1.54) is 6.07 Å². The molecule has 1 aliphatic rings. The number of ether oxygens (including phenoxy) is 1. The number of hydrogen-bond donors (Lipinski definition) is 1. The standard InChI is InChI=1S/C25H19BrFN3O2S/c1-31-17-8-6-16(7-9-17)30-24(23(29-25(30)33)20-4-2-3-13-28-20)22-12-11-21(32-22)18-10-5-15(26)14-19(18)27/h2-14,23-24H,1H3,(H,29,33)/t23-,24-/m1/s1. The first-order valence-corrected chi connectivity index (χ1v) is 11.4. The Hall–Kier alpha value is -3.23. The third kappa shape index (κ3) is 4.12. The average Bonchev–Trinajstić information content (AvgIpc) is 3.44. The van der Waals surface area contributed by atoms with Gasteiger partial charge in [-0.25, -0.2) is 4.39 Å². The zero-order chi connectivity index (χ0) is 22.9. The molecule has 1 fully saturated rings. The summed E-state index contributed by atoms with van der Waals surface area (Å²) in [5, 5.41) is 3.94. The molecule has 33 heavy (non-hydrogen) atoms. The molecular formula is C25H19BrFN3O2S. The SMILES string of the molecule is COc1ccc(N2C(=S)N[C@H](c3ccccn3)[C@H]2c2ccc(-c3ccc(Br)cc3F)o2)cc1. The van der Waals surface area contributed by atoms with E-state index in [0.717, 1.165) is 17.1 Å². The number of benzene rings is 2. The Balaban J connectivity index is 1.59. The normalized spacial score (nSPS) is 17.8. The van der Waals surface area contributed by atoms with E-state index in [1.54, 1.807) is 31.5 Å². The van der Waals surface area contributed by atoms with Crippen molar-refractivity contribution in [2.45, 2.75) is 12.1 Å². The second-order valence-electron chi connectivity index (χ2n) is 7.52. The molecule has 0 aliphatic carbocycles. The van der Waals surface area contributed by atoms with Gasteiger partial charge in [-0.05, 0) is 78.9 Å². The molecule has 2 atom stereocenters. The number of methoxy groups -OCH3 is 1. The Kier molecular flexibility index (Phi) is 5.86. The van der Waals surface area contributed by atoms with Crippen LogP contribution in [0.5, 0.6) is 5.75 Å². The van der Waals surface area contributed by atoms with Gasteiger partial charge in [-0.2, -0.15) is 0 Å². The fourth-order valence-corrected chi connectivity index (χ4v) is 4.69. The molecule has 8 heteroatoms. The molecular weight excluding hydrogens is 505 g/mol. The Bertz CT molecular complexity index is 1300. The van der Waals surface area contributed by atoms with E-state index in [2.05, 4.69) is 26.2 Å². The zero-order valence-corrected chi connectivity index (χ0v) is 19.9. The van der Waals surface area contributed by atoms with Crippen LogP contribution in [0, 0.1) is 5.82 Å². The number of aromatic nitrogens is 1. The number of nitrogens with zero attached hydrogens (tertiary/aromatic N) is 2. The van der Waals surface area contributed by atoms with Crippen LogP contribution in [0.3, 0.4) is 0 Å². The summed E-state index contributed by atoms with van der Waals surface area (Å²) in [6.07, 6.45) is 1.75. The van der Waals surface area contributed by atoms with Gasteiger partial charge in [0.2, 0.25) is 0 Å². The van der Waals surface area contributed by atoms with Crippen LogP contribution >= 0.6 is 28.1 Å². The van der Waals surface area contributed by atoms with Crippen molar-refractivity contribution >= 4 is 38.9 Å². The van der Waals surface area contributed by atoms with Crippen molar-refractivity contribution in [1.82, 2.24) is 10.3 Å². The molecule has 166 valence electrons. The van der Waals surface area contributed by atoms with E-state index in [0.29, 0.717) is 26.7 Å². The number of thiocarbonyl (C=S) groups is 1. The van der Waals surface area contributed by atoms with Crippen molar-refractivity contribution in [3.63, 3.8) is 0 Å². The fourth-order valence-electron chi connectivity index (χ4n) is 4.01. The van der Waals surface area contributed by atoms with E-state index in [-0.39, 0.29) is 17.9 Å². The van der Waals surface area contributed by atoms with E-state index in [1.807, 2.05) is 53.4 Å². The number of pyridine rings is 1. The molecule has 1 saturated heterocycles. The molecule has 5 nitrogen and oxygen atoms in total. The molecule has 3 heterocycles. The van der Waals surface area contributed by atoms with Gasteiger partial charge in [-0.15, -0.1) is 0 Å². The molecule has 0 bridgehead atoms. The Labute approximate surface area is 204 Å². The summed E-state index contributed by atoms with van der Waals surface area (Å²) < 4.78 is 26.8. The molecule has 2 aromatic carbocycles. The van der Waals surface area contributed by atoms with Crippen LogP contribution in [0.1, 0.15) is 23.5 Å². The number of anilines is 1. The summed E-state index contributed by atoms with van der Waals surface area (Å²) in [6.45, 7) is 0. The lowest BCUT2D eigenvalue weighted by Gasteiger charge is -2.26. The molecule has 2 aromatic heterocycles. The highest BCUT2D eigenvalue weighted by molar-refractivity contribution is 9.10. The minimum absolute atomic E-state index is 0.255. The number of furan rings is 1. The highest BCUT2D eigenvalue weighted by atomic mass is 79.9. The molecule has 4 aromatic rings. The summed E-state index contributed by atoms with van der Waals surface area (Å²) >= 11 is 9.02. The zero-order valence-electron chi connectivity index (χ0n) is 17.5. The summed E-state index contributed by atoms with van der Waals surface area (Å²) in [5.74, 6) is 1.48. The molecule has 0 spiro atoms. The minimum atomic E-state index is -0.362. The van der Waals surface area contributed by atoms with Crippen molar-refractivity contribution in [3.05, 3.63) is 101 Å². The number of hydrogen-bond acceptors (Lipinski definition) is 4. The predicted molar refractivity (Wildman–Crippen MR) is 133 cm³/mol. The summed E-state index contributed by atoms with van der Waals surface area (Å²) in [6, 6.07) is 21.4. The van der Waals surface area contributed by atoms with Gasteiger partial charge >= 0.3 is 0 Å². The lowest BCUT2D eigenvalue weighted by Crippen LogP contribution is -2.29. The van der Waals surface area contributed by atoms with Gasteiger partial charge in [-0.3, -0.25) is 4.98 Å². The van der Waals surface area contributed by atoms with E-state index >= 15 is 0 Å². The van der Waals surface area contributed by atoms with E-state index in [4.69, 9.17) is 21.4 Å². The first-order chi connectivity index (χ1) is 16.0. The van der Waals surface area contributed by atoms with Gasteiger partial charge in [0.15, 0.2) is 5.11 Å². The summed E-state index contributed by atoms with van der Waals surface area (Å²) in [4.78, 5) is 6.53. The average molecular weight is 524 g/mol. The van der Waals surface area contributed by atoms with Gasteiger partial charge in [-0.1, -0.05) is 22.0 Å². The van der Waals surface area contributed by atoms with Crippen molar-refractivity contribution < 1.29 is 13.5 Å². The van der Waals surface area contributed by atoms with E-state index < -0.39 is 0 Å². The molecule has 0 unspecified atom stereocenters. The molecule has 0 radical (unpaired) electrons. The van der Waals surface area contributed by atoms with Crippen molar-refractivity contribution in [3.8, 4) is 17.1 Å². The van der Waals surface area contributed by atoms with Crippen LogP contribution in [-0.4, -0.2) is 17.2 Å². The van der Waals surface area contributed by atoms with Crippen LogP contribution in [-0.2, 0) is 0 Å². The highest BCUT2D eigenvalue weighted by Gasteiger charge is 2.42. The minimum Gasteiger partial charge on any atom is -0.497 e. The molecule has 0 amide bonds. The fraction of sp³-hybridized carbons (Fsp3) is 0.120. The summed E-state index contributed by atoms with van der Waals surface area (Å²) in [7, 11) is 1.63. The third-order valence-electron chi connectivity index (χ3n) is 5.56. The topological polar surface area (TPSA) is 50.5 Å². The van der Waals surface area contributed by atoms with Crippen LogP contribution in [0.2, 0.25) is 0 Å². The Morgan fingerprint density at radius 1 is 1.09 bits per heavy atom. The second kappa shape index (κ2) is 8.96. The summed E-state index contributed by atoms with van der Waals surface area (Å²) in [5.41, 5.74) is 2.10. The highest BCUT2D eigenvalue weighted by Crippen LogP contribution is 2.43. The Morgan fingerprint density at radius 3 is 2.61 bits per heavy atom. The first-order valence-electron chi connectivity index (χ1n) is 10.2. The van der Waals surface area contributed by atoms with Crippen molar-refractivity contribution in [2.75, 3.05) is 12.0 Å². The molecule has 1 N–H and O–H groups in total. The second-order valence-corrected chi connectivity index (χ2v) is 8.82. The lowest BCUT2D eigenvalue weighted by atomic mass is 10.0. The van der Waals surface area contributed by atoms with Gasteiger partial charge < -0.3 is 19.4 Å². The number of rotatable bonds is 5. The molecule has 0 saturated carbocycles. The maximum atomic E-state index is 14.6. The third-order valence-corrected chi connectivity index (χ3v) is 6.37. The quantitative estimate of drug-likeness (QED) is 0.304. The lowest BCUT2D eigenvalue weighted by molar-refractivity contribution is 0.414. The monoisotopic (exact) mass is 523 g/mol. The number of halogens is 2. The maximum absolute atomic E-state index is 14.6.